The second kappa shape index (κ2) is 9.34. The highest BCUT2D eigenvalue weighted by Gasteiger charge is 2.15. The van der Waals surface area contributed by atoms with Crippen LogP contribution in [0, 0.1) is 0 Å². The summed E-state index contributed by atoms with van der Waals surface area (Å²) >= 11 is 1.61. The molecule has 2 aromatic carbocycles. The molecule has 0 saturated carbocycles. The van der Waals surface area contributed by atoms with Crippen LogP contribution in [-0.4, -0.2) is 30.0 Å². The molecule has 3 aromatic rings. The maximum Gasteiger partial charge on any atom is 0.264 e. The number of nitrogens with one attached hydrogen (secondary N) is 2. The molecule has 0 aliphatic heterocycles. The molecule has 0 atom stereocenters. The second-order valence-electron chi connectivity index (χ2n) is 5.66. The van der Waals surface area contributed by atoms with Crippen LogP contribution in [0.25, 0.3) is 0 Å². The van der Waals surface area contributed by atoms with Crippen LogP contribution in [0.15, 0.2) is 82.8 Å². The molecule has 28 heavy (non-hydrogen) atoms. The average molecular weight is 415 g/mol. The number of hydrogen-bond acceptors (Lipinski definition) is 6. The van der Waals surface area contributed by atoms with Gasteiger partial charge in [0.25, 0.3) is 10.0 Å². The molecule has 9 heteroatoms. The van der Waals surface area contributed by atoms with E-state index in [1.165, 1.54) is 24.5 Å². The SMILES string of the molecule is O=C(CCSc1ccccc1)Nc1ccc(S(=O)(=O)Nc2ncccn2)cc1. The molecule has 144 valence electrons. The van der Waals surface area contributed by atoms with Crippen LogP contribution in [0.3, 0.4) is 0 Å². The molecule has 0 aliphatic carbocycles. The van der Waals surface area contributed by atoms with E-state index in [2.05, 4.69) is 20.0 Å². The number of carbonyl (C=O) groups is 1. The Hall–Kier alpha value is -2.91. The Morgan fingerprint density at radius 1 is 0.929 bits per heavy atom. The zero-order chi connectivity index (χ0) is 19.8. The zero-order valence-electron chi connectivity index (χ0n) is 14.8. The van der Waals surface area contributed by atoms with Gasteiger partial charge >= 0.3 is 0 Å². The molecule has 0 aliphatic rings. The van der Waals surface area contributed by atoms with Gasteiger partial charge in [0.2, 0.25) is 11.9 Å². The molecule has 2 N–H and O–H groups in total. The lowest BCUT2D eigenvalue weighted by atomic mass is 10.3. The molecule has 0 fully saturated rings. The van der Waals surface area contributed by atoms with Gasteiger partial charge in [0.1, 0.15) is 0 Å². The molecule has 1 aromatic heterocycles. The summed E-state index contributed by atoms with van der Waals surface area (Å²) in [6.45, 7) is 0. The van der Waals surface area contributed by atoms with Crippen LogP contribution in [0.1, 0.15) is 6.42 Å². The van der Waals surface area contributed by atoms with Crippen molar-refractivity contribution in [2.75, 3.05) is 15.8 Å². The Morgan fingerprint density at radius 3 is 2.29 bits per heavy atom. The topological polar surface area (TPSA) is 101 Å². The number of aromatic nitrogens is 2. The molecular formula is C19H18N4O3S2. The fourth-order valence-electron chi connectivity index (χ4n) is 2.25. The van der Waals surface area contributed by atoms with Crippen LogP contribution >= 0.6 is 11.8 Å². The number of thioether (sulfide) groups is 1. The number of sulfonamides is 1. The summed E-state index contributed by atoms with van der Waals surface area (Å²) in [7, 11) is -3.79. The van der Waals surface area contributed by atoms with E-state index in [1.54, 1.807) is 30.0 Å². The number of amides is 1. The maximum atomic E-state index is 12.3. The summed E-state index contributed by atoms with van der Waals surface area (Å²) in [6, 6.07) is 17.4. The van der Waals surface area contributed by atoms with Gasteiger partial charge in [0.15, 0.2) is 0 Å². The van der Waals surface area contributed by atoms with Crippen molar-refractivity contribution in [1.82, 2.24) is 9.97 Å². The number of hydrogen-bond donors (Lipinski definition) is 2. The van der Waals surface area contributed by atoms with Crippen molar-refractivity contribution in [1.29, 1.82) is 0 Å². The average Bonchev–Trinajstić information content (AvgIpc) is 2.70. The van der Waals surface area contributed by atoms with E-state index in [4.69, 9.17) is 0 Å². The lowest BCUT2D eigenvalue weighted by Gasteiger charge is -2.08. The number of nitrogens with zero attached hydrogens (tertiary/aromatic N) is 2. The third kappa shape index (κ3) is 5.80. The molecule has 1 heterocycles. The number of anilines is 2. The Balaban J connectivity index is 1.53. The quantitative estimate of drug-likeness (QED) is 0.548. The van der Waals surface area contributed by atoms with Gasteiger partial charge in [-0.2, -0.15) is 0 Å². The van der Waals surface area contributed by atoms with Crippen LogP contribution in [0.2, 0.25) is 0 Å². The van der Waals surface area contributed by atoms with Gasteiger partial charge in [0.05, 0.1) is 4.90 Å². The lowest BCUT2D eigenvalue weighted by Crippen LogP contribution is -2.15. The van der Waals surface area contributed by atoms with Gasteiger partial charge < -0.3 is 5.32 Å². The molecule has 0 radical (unpaired) electrons. The summed E-state index contributed by atoms with van der Waals surface area (Å²) < 4.78 is 27.0. The summed E-state index contributed by atoms with van der Waals surface area (Å²) in [5.74, 6) is 0.522. The van der Waals surface area contributed by atoms with Crippen LogP contribution in [0.4, 0.5) is 11.6 Å². The minimum absolute atomic E-state index is 0.00389. The predicted molar refractivity (Wildman–Crippen MR) is 110 cm³/mol. The van der Waals surface area contributed by atoms with E-state index in [0.717, 1.165) is 4.90 Å². The fraction of sp³-hybridized carbons (Fsp3) is 0.105. The van der Waals surface area contributed by atoms with Crippen molar-refractivity contribution in [3.63, 3.8) is 0 Å². The van der Waals surface area contributed by atoms with Gasteiger partial charge in [-0.05, 0) is 42.5 Å². The summed E-state index contributed by atoms with van der Waals surface area (Å²) in [5, 5.41) is 2.76. The van der Waals surface area contributed by atoms with Crippen LogP contribution in [0.5, 0.6) is 0 Å². The second-order valence-corrected chi connectivity index (χ2v) is 8.51. The van der Waals surface area contributed by atoms with E-state index in [-0.39, 0.29) is 16.8 Å². The molecule has 0 saturated heterocycles. The van der Waals surface area contributed by atoms with E-state index < -0.39 is 10.0 Å². The van der Waals surface area contributed by atoms with Crippen molar-refractivity contribution >= 4 is 39.3 Å². The minimum Gasteiger partial charge on any atom is -0.326 e. The first-order chi connectivity index (χ1) is 13.5. The lowest BCUT2D eigenvalue weighted by molar-refractivity contribution is -0.115. The molecule has 0 unspecified atom stereocenters. The number of benzene rings is 2. The molecule has 0 spiro atoms. The van der Waals surface area contributed by atoms with E-state index in [1.807, 2.05) is 30.3 Å². The Morgan fingerprint density at radius 2 is 1.61 bits per heavy atom. The van der Waals surface area contributed by atoms with E-state index in [0.29, 0.717) is 17.9 Å². The third-order valence-corrected chi connectivity index (χ3v) is 5.94. The first kappa shape index (κ1) is 19.8. The monoisotopic (exact) mass is 414 g/mol. The normalized spacial score (nSPS) is 11.0. The minimum atomic E-state index is -3.79. The van der Waals surface area contributed by atoms with Crippen molar-refractivity contribution in [2.24, 2.45) is 0 Å². The highest BCUT2D eigenvalue weighted by molar-refractivity contribution is 7.99. The zero-order valence-corrected chi connectivity index (χ0v) is 16.4. The molecule has 3 rings (SSSR count). The molecule has 7 nitrogen and oxygen atoms in total. The predicted octanol–water partition coefficient (Wildman–Crippen LogP) is 3.40. The van der Waals surface area contributed by atoms with Gasteiger partial charge in [-0.3, -0.25) is 4.79 Å². The first-order valence-corrected chi connectivity index (χ1v) is 10.9. The van der Waals surface area contributed by atoms with Crippen molar-refractivity contribution < 1.29 is 13.2 Å². The highest BCUT2D eigenvalue weighted by atomic mass is 32.2. The molecule has 0 bridgehead atoms. The van der Waals surface area contributed by atoms with Crippen molar-refractivity contribution in [3.8, 4) is 0 Å². The summed E-state index contributed by atoms with van der Waals surface area (Å²) in [6.07, 6.45) is 3.24. The summed E-state index contributed by atoms with van der Waals surface area (Å²) in [5.41, 5.74) is 0.532. The maximum absolute atomic E-state index is 12.3. The highest BCUT2D eigenvalue weighted by Crippen LogP contribution is 2.19. The third-order valence-electron chi connectivity index (χ3n) is 3.58. The molecule has 1 amide bonds. The van der Waals surface area contributed by atoms with Crippen molar-refractivity contribution in [3.05, 3.63) is 73.1 Å². The van der Waals surface area contributed by atoms with E-state index >= 15 is 0 Å². The van der Waals surface area contributed by atoms with Crippen LogP contribution in [-0.2, 0) is 14.8 Å². The number of carbonyl (C=O) groups excluding carboxylic acids is 1. The van der Waals surface area contributed by atoms with Crippen LogP contribution < -0.4 is 10.0 Å². The summed E-state index contributed by atoms with van der Waals surface area (Å²) in [4.78, 5) is 20.9. The van der Waals surface area contributed by atoms with Gasteiger partial charge in [-0.15, -0.1) is 11.8 Å². The largest absolute Gasteiger partial charge is 0.326 e. The van der Waals surface area contributed by atoms with Crippen molar-refractivity contribution in [2.45, 2.75) is 16.2 Å². The Labute approximate surface area is 167 Å². The smallest absolute Gasteiger partial charge is 0.264 e. The molecular weight excluding hydrogens is 396 g/mol. The number of rotatable bonds is 8. The standard InChI is InChI=1S/C19H18N4O3S2/c24-18(11-14-27-16-5-2-1-3-6-16)22-15-7-9-17(10-8-15)28(25,26)23-19-20-12-4-13-21-19/h1-10,12-13H,11,14H2,(H,22,24)(H,20,21,23). The Kier molecular flexibility index (Phi) is 6.62. The van der Waals surface area contributed by atoms with Gasteiger partial charge in [-0.25, -0.2) is 23.1 Å². The Bertz CT molecular complexity index is 1010. The fourth-order valence-corrected chi connectivity index (χ4v) is 4.08. The van der Waals surface area contributed by atoms with Gasteiger partial charge in [0, 0.05) is 35.2 Å². The first-order valence-electron chi connectivity index (χ1n) is 8.40. The van der Waals surface area contributed by atoms with E-state index in [9.17, 15) is 13.2 Å². The van der Waals surface area contributed by atoms with Gasteiger partial charge in [-0.1, -0.05) is 18.2 Å².